The molecule has 3 aromatic rings. The van der Waals surface area contributed by atoms with Gasteiger partial charge in [0.15, 0.2) is 0 Å². The monoisotopic (exact) mass is 496 g/mol. The number of amides is 2. The van der Waals surface area contributed by atoms with Gasteiger partial charge in [0.25, 0.3) is 0 Å². The summed E-state index contributed by atoms with van der Waals surface area (Å²) in [5, 5.41) is 3.90. The minimum atomic E-state index is -0.379. The van der Waals surface area contributed by atoms with Crippen molar-refractivity contribution in [1.29, 1.82) is 0 Å². The molecule has 4 rings (SSSR count). The second-order valence-corrected chi connectivity index (χ2v) is 9.10. The van der Waals surface area contributed by atoms with Crippen LogP contribution in [0.5, 0.6) is 0 Å². The Morgan fingerprint density at radius 3 is 2.56 bits per heavy atom. The van der Waals surface area contributed by atoms with E-state index in [0.29, 0.717) is 22.2 Å². The molecule has 0 radical (unpaired) electrons. The van der Waals surface area contributed by atoms with Crippen LogP contribution in [-0.4, -0.2) is 18.4 Å². The molecular weight excluding hydrogens is 474 g/mol. The number of benzene rings is 3. The van der Waals surface area contributed by atoms with E-state index in [2.05, 4.69) is 5.32 Å². The van der Waals surface area contributed by atoms with Crippen molar-refractivity contribution in [3.8, 4) is 0 Å². The van der Waals surface area contributed by atoms with Crippen LogP contribution in [0.25, 0.3) is 6.08 Å². The summed E-state index contributed by atoms with van der Waals surface area (Å²) in [5.41, 5.74) is 3.99. The number of anilines is 1. The van der Waals surface area contributed by atoms with E-state index in [4.69, 9.17) is 23.2 Å². The molecule has 7 heteroatoms. The lowest BCUT2D eigenvalue weighted by molar-refractivity contribution is -0.118. The van der Waals surface area contributed by atoms with E-state index in [-0.39, 0.29) is 30.1 Å². The zero-order valence-electron chi connectivity index (χ0n) is 18.5. The summed E-state index contributed by atoms with van der Waals surface area (Å²) in [4.78, 5) is 27.0. The average molecular weight is 497 g/mol. The number of hydrogen-bond donors (Lipinski definition) is 1. The van der Waals surface area contributed by atoms with Gasteiger partial charge in [-0.3, -0.25) is 9.59 Å². The summed E-state index contributed by atoms with van der Waals surface area (Å²) in [6, 6.07) is 17.0. The lowest BCUT2D eigenvalue weighted by Crippen LogP contribution is -2.30. The van der Waals surface area contributed by atoms with Crippen molar-refractivity contribution >= 4 is 46.8 Å². The third kappa shape index (κ3) is 5.66. The van der Waals surface area contributed by atoms with Gasteiger partial charge in [-0.25, -0.2) is 4.39 Å². The van der Waals surface area contributed by atoms with E-state index in [0.717, 1.165) is 28.8 Å². The molecule has 1 atom stereocenters. The Labute approximate surface area is 208 Å². The second-order valence-electron chi connectivity index (χ2n) is 8.22. The van der Waals surface area contributed by atoms with Crippen LogP contribution in [0.3, 0.4) is 0 Å². The molecule has 174 valence electrons. The molecule has 1 aliphatic heterocycles. The van der Waals surface area contributed by atoms with Gasteiger partial charge >= 0.3 is 0 Å². The molecular formula is C27H23Cl2FN2O2. The van der Waals surface area contributed by atoms with Crippen LogP contribution in [0, 0.1) is 5.82 Å². The Hall–Kier alpha value is -3.15. The molecule has 4 nitrogen and oxygen atoms in total. The van der Waals surface area contributed by atoms with Crippen LogP contribution in [0.15, 0.2) is 66.7 Å². The number of nitrogens with zero attached hydrogens (tertiary/aromatic N) is 1. The lowest BCUT2D eigenvalue weighted by atomic mass is 10.0. The minimum absolute atomic E-state index is 0.0236. The Bertz CT molecular complexity index is 1250. The molecule has 0 aromatic heterocycles. The van der Waals surface area contributed by atoms with Gasteiger partial charge in [0.1, 0.15) is 5.82 Å². The van der Waals surface area contributed by atoms with Crippen LogP contribution in [0.1, 0.15) is 35.2 Å². The maximum Gasteiger partial charge on any atom is 0.244 e. The molecule has 0 saturated carbocycles. The maximum absolute atomic E-state index is 13.7. The van der Waals surface area contributed by atoms with Gasteiger partial charge < -0.3 is 10.2 Å². The van der Waals surface area contributed by atoms with E-state index < -0.39 is 0 Å². The zero-order chi connectivity index (χ0) is 24.2. The molecule has 1 aliphatic rings. The fourth-order valence-corrected chi connectivity index (χ4v) is 4.62. The molecule has 0 aliphatic carbocycles. The van der Waals surface area contributed by atoms with Crippen molar-refractivity contribution in [2.24, 2.45) is 0 Å². The fourth-order valence-electron chi connectivity index (χ4n) is 4.05. The first-order chi connectivity index (χ1) is 16.3. The SMILES string of the molecule is C[C@@H](NC(=O)/C=C/c1ccccc1F)c1ccc2c(c1)CCN2C(=O)Cc1cc(Cl)cc(Cl)c1. The Morgan fingerprint density at radius 2 is 1.82 bits per heavy atom. The summed E-state index contributed by atoms with van der Waals surface area (Å²) in [6.45, 7) is 2.48. The lowest BCUT2D eigenvalue weighted by Gasteiger charge is -2.19. The van der Waals surface area contributed by atoms with Crippen LogP contribution in [0.2, 0.25) is 10.0 Å². The topological polar surface area (TPSA) is 49.4 Å². The predicted octanol–water partition coefficient (Wildman–Crippen LogP) is 6.15. The first-order valence-electron chi connectivity index (χ1n) is 10.9. The molecule has 0 saturated heterocycles. The minimum Gasteiger partial charge on any atom is -0.346 e. The number of carbonyl (C=O) groups is 2. The predicted molar refractivity (Wildman–Crippen MR) is 135 cm³/mol. The largest absolute Gasteiger partial charge is 0.346 e. The molecule has 0 unspecified atom stereocenters. The number of hydrogen-bond acceptors (Lipinski definition) is 2. The quantitative estimate of drug-likeness (QED) is 0.415. The number of carbonyl (C=O) groups excluding carboxylic acids is 2. The highest BCUT2D eigenvalue weighted by atomic mass is 35.5. The van der Waals surface area contributed by atoms with Crippen LogP contribution in [0.4, 0.5) is 10.1 Å². The van der Waals surface area contributed by atoms with Gasteiger partial charge in [-0.05, 0) is 66.4 Å². The van der Waals surface area contributed by atoms with E-state index >= 15 is 0 Å². The highest BCUT2D eigenvalue weighted by molar-refractivity contribution is 6.34. The van der Waals surface area contributed by atoms with Crippen molar-refractivity contribution in [2.75, 3.05) is 11.4 Å². The average Bonchev–Trinajstić information content (AvgIpc) is 3.21. The second kappa shape index (κ2) is 10.4. The highest BCUT2D eigenvalue weighted by Gasteiger charge is 2.25. The van der Waals surface area contributed by atoms with Crippen molar-refractivity contribution in [3.63, 3.8) is 0 Å². The number of fused-ring (bicyclic) bond motifs is 1. The third-order valence-corrected chi connectivity index (χ3v) is 6.19. The Kier molecular flexibility index (Phi) is 7.35. The van der Waals surface area contributed by atoms with E-state index in [1.165, 1.54) is 18.2 Å². The van der Waals surface area contributed by atoms with Crippen LogP contribution >= 0.6 is 23.2 Å². The van der Waals surface area contributed by atoms with Gasteiger partial charge in [-0.2, -0.15) is 0 Å². The summed E-state index contributed by atoms with van der Waals surface area (Å²) in [6.07, 6.45) is 3.72. The Balaban J connectivity index is 1.41. The van der Waals surface area contributed by atoms with Gasteiger partial charge in [-0.1, -0.05) is 53.5 Å². The van der Waals surface area contributed by atoms with E-state index in [1.54, 1.807) is 41.3 Å². The molecule has 0 spiro atoms. The first kappa shape index (κ1) is 24.0. The molecule has 0 bridgehead atoms. The number of rotatable bonds is 6. The van der Waals surface area contributed by atoms with E-state index in [1.807, 2.05) is 25.1 Å². The van der Waals surface area contributed by atoms with Crippen molar-refractivity contribution < 1.29 is 14.0 Å². The van der Waals surface area contributed by atoms with Gasteiger partial charge in [0.05, 0.1) is 12.5 Å². The van der Waals surface area contributed by atoms with Crippen LogP contribution in [-0.2, 0) is 22.4 Å². The smallest absolute Gasteiger partial charge is 0.244 e. The van der Waals surface area contributed by atoms with Crippen molar-refractivity contribution in [2.45, 2.75) is 25.8 Å². The van der Waals surface area contributed by atoms with Gasteiger partial charge in [0, 0.05) is 33.9 Å². The summed E-state index contributed by atoms with van der Waals surface area (Å²) >= 11 is 12.1. The van der Waals surface area contributed by atoms with Gasteiger partial charge in [-0.15, -0.1) is 0 Å². The summed E-state index contributed by atoms with van der Waals surface area (Å²) in [5.74, 6) is -0.714. The molecule has 1 N–H and O–H groups in total. The zero-order valence-corrected chi connectivity index (χ0v) is 20.0. The molecule has 0 fully saturated rings. The van der Waals surface area contributed by atoms with E-state index in [9.17, 15) is 14.0 Å². The standard InChI is InChI=1S/C27H23Cl2FN2O2/c1-17(31-26(33)9-7-19-4-2-3-5-24(19)30)20-6-8-25-21(15-20)10-11-32(25)27(34)14-18-12-22(28)16-23(29)13-18/h2-9,12-13,15-17H,10-11,14H2,1H3,(H,31,33)/b9-7+/t17-/m1/s1. The Morgan fingerprint density at radius 1 is 1.09 bits per heavy atom. The molecule has 1 heterocycles. The number of halogens is 3. The molecule has 34 heavy (non-hydrogen) atoms. The first-order valence-corrected chi connectivity index (χ1v) is 11.7. The molecule has 3 aromatic carbocycles. The summed E-state index contributed by atoms with van der Waals surface area (Å²) < 4.78 is 13.7. The highest BCUT2D eigenvalue weighted by Crippen LogP contribution is 2.31. The maximum atomic E-state index is 13.7. The fraction of sp³-hybridized carbons (Fsp3) is 0.185. The van der Waals surface area contributed by atoms with Crippen molar-refractivity contribution in [1.82, 2.24) is 5.32 Å². The van der Waals surface area contributed by atoms with Crippen molar-refractivity contribution in [3.05, 3.63) is 105 Å². The summed E-state index contributed by atoms with van der Waals surface area (Å²) in [7, 11) is 0. The third-order valence-electron chi connectivity index (χ3n) is 5.76. The number of nitrogens with one attached hydrogen (secondary N) is 1. The molecule has 2 amide bonds. The van der Waals surface area contributed by atoms with Crippen LogP contribution < -0.4 is 10.2 Å². The normalized spacial score (nSPS) is 13.7. The van der Waals surface area contributed by atoms with Gasteiger partial charge in [0.2, 0.25) is 11.8 Å².